The number of hydrogen-bond donors (Lipinski definition) is 0. The Morgan fingerprint density at radius 3 is 2.73 bits per heavy atom. The summed E-state index contributed by atoms with van der Waals surface area (Å²) < 4.78 is 25.2. The van der Waals surface area contributed by atoms with Crippen LogP contribution in [0.5, 0.6) is 0 Å². The number of halogens is 2. The van der Waals surface area contributed by atoms with E-state index in [2.05, 4.69) is 5.10 Å². The predicted octanol–water partition coefficient (Wildman–Crippen LogP) is 1.23. The van der Waals surface area contributed by atoms with Crippen LogP contribution in [0.15, 0.2) is 6.20 Å². The molecule has 0 saturated carbocycles. The highest BCUT2D eigenvalue weighted by Crippen LogP contribution is 2.19. The van der Waals surface area contributed by atoms with E-state index in [1.807, 2.05) is 0 Å². The smallest absolute Gasteiger partial charge is 0.274 e. The highest BCUT2D eigenvalue weighted by molar-refractivity contribution is 5.31. The molecule has 11 heavy (non-hydrogen) atoms. The third kappa shape index (κ3) is 1.34. The first-order valence-electron chi connectivity index (χ1n) is 2.87. The van der Waals surface area contributed by atoms with Crippen LogP contribution in [0, 0.1) is 11.3 Å². The molecule has 0 aliphatic carbocycles. The summed E-state index contributed by atoms with van der Waals surface area (Å²) in [6, 6.07) is 1.63. The molecule has 0 N–H and O–H groups in total. The van der Waals surface area contributed by atoms with E-state index in [0.717, 1.165) is 0 Å². The van der Waals surface area contributed by atoms with Crippen LogP contribution >= 0.6 is 0 Å². The third-order valence-electron chi connectivity index (χ3n) is 1.18. The molecule has 0 aliphatic heterocycles. The number of hydrogen-bond acceptors (Lipinski definition) is 2. The minimum absolute atomic E-state index is 0.0671. The second kappa shape index (κ2) is 2.66. The molecule has 0 aliphatic rings. The summed E-state index contributed by atoms with van der Waals surface area (Å²) in [5.74, 6) is 0. The van der Waals surface area contributed by atoms with E-state index in [-0.39, 0.29) is 5.56 Å². The Labute approximate surface area is 61.9 Å². The first kappa shape index (κ1) is 7.66. The Hall–Kier alpha value is -1.44. The van der Waals surface area contributed by atoms with Gasteiger partial charge < -0.3 is 0 Å². The fraction of sp³-hybridized carbons (Fsp3) is 0.333. The molecule has 0 radical (unpaired) electrons. The quantitative estimate of drug-likeness (QED) is 0.615. The van der Waals surface area contributed by atoms with Gasteiger partial charge in [-0.1, -0.05) is 0 Å². The van der Waals surface area contributed by atoms with Crippen LogP contribution in [0.3, 0.4) is 0 Å². The number of aryl methyl sites for hydroxylation is 1. The minimum atomic E-state index is -2.68. The highest BCUT2D eigenvalue weighted by Gasteiger charge is 2.16. The lowest BCUT2D eigenvalue weighted by atomic mass is 10.3. The summed E-state index contributed by atoms with van der Waals surface area (Å²) in [4.78, 5) is 0. The van der Waals surface area contributed by atoms with E-state index in [0.29, 0.717) is 0 Å². The molecule has 1 aromatic rings. The van der Waals surface area contributed by atoms with E-state index in [1.54, 1.807) is 6.07 Å². The summed E-state index contributed by atoms with van der Waals surface area (Å²) >= 11 is 0. The lowest BCUT2D eigenvalue weighted by molar-refractivity contribution is 0.145. The Morgan fingerprint density at radius 2 is 2.36 bits per heavy atom. The molecule has 0 fully saturated rings. The molecule has 5 heteroatoms. The van der Waals surface area contributed by atoms with Gasteiger partial charge in [0.05, 0.1) is 5.56 Å². The van der Waals surface area contributed by atoms with E-state index in [4.69, 9.17) is 5.26 Å². The Bertz CT molecular complexity index is 297. The topological polar surface area (TPSA) is 41.6 Å². The van der Waals surface area contributed by atoms with Crippen LogP contribution in [-0.4, -0.2) is 9.78 Å². The van der Waals surface area contributed by atoms with Crippen molar-refractivity contribution in [1.82, 2.24) is 9.78 Å². The van der Waals surface area contributed by atoms with Crippen molar-refractivity contribution in [3.63, 3.8) is 0 Å². The van der Waals surface area contributed by atoms with Crippen LogP contribution in [0.25, 0.3) is 0 Å². The molecule has 0 bridgehead atoms. The van der Waals surface area contributed by atoms with E-state index < -0.39 is 12.1 Å². The molecule has 0 amide bonds. The van der Waals surface area contributed by atoms with E-state index in [9.17, 15) is 8.78 Å². The maximum atomic E-state index is 12.0. The van der Waals surface area contributed by atoms with Crippen LogP contribution in [-0.2, 0) is 7.05 Å². The van der Waals surface area contributed by atoms with Gasteiger partial charge in [-0.15, -0.1) is 0 Å². The van der Waals surface area contributed by atoms with Crippen molar-refractivity contribution in [2.45, 2.75) is 6.43 Å². The molecule has 0 unspecified atom stereocenters. The fourth-order valence-corrected chi connectivity index (χ4v) is 0.753. The van der Waals surface area contributed by atoms with Crippen molar-refractivity contribution in [3.05, 3.63) is 17.5 Å². The molecule has 1 heterocycles. The molecule has 58 valence electrons. The summed E-state index contributed by atoms with van der Waals surface area (Å²) in [6.45, 7) is 0. The van der Waals surface area contributed by atoms with Gasteiger partial charge in [0, 0.05) is 13.2 Å². The van der Waals surface area contributed by atoms with Gasteiger partial charge in [0.15, 0.2) is 0 Å². The standard InChI is InChI=1S/C6H5F2N3/c1-11-3-4(2-9)5(10-11)6(7)8/h3,6H,1H3. The van der Waals surface area contributed by atoms with Crippen LogP contribution in [0.2, 0.25) is 0 Å². The van der Waals surface area contributed by atoms with Crippen molar-refractivity contribution in [2.24, 2.45) is 7.05 Å². The van der Waals surface area contributed by atoms with Gasteiger partial charge in [-0.3, -0.25) is 4.68 Å². The minimum Gasteiger partial charge on any atom is -0.274 e. The zero-order valence-corrected chi connectivity index (χ0v) is 5.75. The predicted molar refractivity (Wildman–Crippen MR) is 32.9 cm³/mol. The van der Waals surface area contributed by atoms with Crippen molar-refractivity contribution < 1.29 is 8.78 Å². The molecule has 1 rings (SSSR count). The van der Waals surface area contributed by atoms with Gasteiger partial charge in [0.25, 0.3) is 6.43 Å². The summed E-state index contributed by atoms with van der Waals surface area (Å²) in [5, 5.41) is 11.8. The SMILES string of the molecule is Cn1cc(C#N)c(C(F)F)n1. The van der Waals surface area contributed by atoms with Gasteiger partial charge in [-0.05, 0) is 0 Å². The Morgan fingerprint density at radius 1 is 1.73 bits per heavy atom. The molecular formula is C6H5F2N3. The fourth-order valence-electron chi connectivity index (χ4n) is 0.753. The van der Waals surface area contributed by atoms with E-state index in [1.165, 1.54) is 17.9 Å². The molecule has 0 aromatic carbocycles. The molecule has 0 atom stereocenters. The van der Waals surface area contributed by atoms with Gasteiger partial charge in [0.2, 0.25) is 0 Å². The molecule has 3 nitrogen and oxygen atoms in total. The largest absolute Gasteiger partial charge is 0.283 e. The van der Waals surface area contributed by atoms with Crippen LogP contribution in [0.1, 0.15) is 17.7 Å². The Kier molecular flexibility index (Phi) is 1.85. The second-order valence-electron chi connectivity index (χ2n) is 2.01. The van der Waals surface area contributed by atoms with Crippen LogP contribution in [0.4, 0.5) is 8.78 Å². The maximum absolute atomic E-state index is 12.0. The Balaban J connectivity index is 3.15. The number of nitrogens with zero attached hydrogens (tertiary/aromatic N) is 3. The van der Waals surface area contributed by atoms with E-state index >= 15 is 0 Å². The summed E-state index contributed by atoms with van der Waals surface area (Å²) in [5.41, 5.74) is -0.516. The molecule has 0 saturated heterocycles. The first-order valence-corrected chi connectivity index (χ1v) is 2.87. The second-order valence-corrected chi connectivity index (χ2v) is 2.01. The summed E-state index contributed by atoms with van der Waals surface area (Å²) in [6.07, 6.45) is -1.41. The number of aromatic nitrogens is 2. The highest BCUT2D eigenvalue weighted by atomic mass is 19.3. The lowest BCUT2D eigenvalue weighted by Crippen LogP contribution is -1.91. The van der Waals surface area contributed by atoms with Gasteiger partial charge >= 0.3 is 0 Å². The number of rotatable bonds is 1. The number of nitriles is 1. The zero-order valence-electron chi connectivity index (χ0n) is 5.75. The van der Waals surface area contributed by atoms with Crippen molar-refractivity contribution >= 4 is 0 Å². The van der Waals surface area contributed by atoms with Crippen molar-refractivity contribution in [3.8, 4) is 6.07 Å². The van der Waals surface area contributed by atoms with Crippen LogP contribution < -0.4 is 0 Å². The maximum Gasteiger partial charge on any atom is 0.283 e. The number of alkyl halides is 2. The first-order chi connectivity index (χ1) is 5.15. The molecule has 0 spiro atoms. The lowest BCUT2D eigenvalue weighted by Gasteiger charge is -1.90. The van der Waals surface area contributed by atoms with Gasteiger partial charge in [-0.25, -0.2) is 8.78 Å². The van der Waals surface area contributed by atoms with Gasteiger partial charge in [0.1, 0.15) is 11.8 Å². The summed E-state index contributed by atoms with van der Waals surface area (Å²) in [7, 11) is 1.49. The third-order valence-corrected chi connectivity index (χ3v) is 1.18. The normalized spacial score (nSPS) is 10.1. The average Bonchev–Trinajstić information content (AvgIpc) is 2.30. The van der Waals surface area contributed by atoms with Crippen molar-refractivity contribution in [1.29, 1.82) is 5.26 Å². The zero-order chi connectivity index (χ0) is 8.43. The van der Waals surface area contributed by atoms with Crippen molar-refractivity contribution in [2.75, 3.05) is 0 Å². The van der Waals surface area contributed by atoms with Gasteiger partial charge in [-0.2, -0.15) is 10.4 Å². The molecular weight excluding hydrogens is 152 g/mol. The molecule has 1 aromatic heterocycles. The average molecular weight is 157 g/mol. The monoisotopic (exact) mass is 157 g/mol.